The minimum Gasteiger partial charge on any atom is -0.492 e. The smallest absolute Gasteiger partial charge is 0.261 e. The maximum atomic E-state index is 13.4. The number of morpholine rings is 1. The highest BCUT2D eigenvalue weighted by atomic mass is 16.5. The molecule has 0 atom stereocenters. The normalized spacial score (nSPS) is 15.7. The average Bonchev–Trinajstić information content (AvgIpc) is 3.16. The molecule has 196 valence electrons. The number of anilines is 2. The molecule has 1 amide bonds. The van der Waals surface area contributed by atoms with E-state index >= 15 is 0 Å². The summed E-state index contributed by atoms with van der Waals surface area (Å²) in [6, 6.07) is 8.82. The molecule has 1 N–H and O–H groups in total. The molecule has 1 aromatic heterocycles. The van der Waals surface area contributed by atoms with Crippen molar-refractivity contribution in [1.82, 2.24) is 9.55 Å². The zero-order valence-electron chi connectivity index (χ0n) is 21.5. The number of amides is 1. The summed E-state index contributed by atoms with van der Waals surface area (Å²) in [5.74, 6) is 1.75. The topological polar surface area (TPSA) is 94.9 Å². The molecule has 2 aliphatic rings. The molecule has 1 fully saturated rings. The molecule has 9 nitrogen and oxygen atoms in total. The summed E-state index contributed by atoms with van der Waals surface area (Å²) in [6.07, 6.45) is 3.86. The van der Waals surface area contributed by atoms with Crippen molar-refractivity contribution < 1.29 is 19.0 Å². The second-order valence-corrected chi connectivity index (χ2v) is 9.26. The van der Waals surface area contributed by atoms with Crippen molar-refractivity contribution in [2.24, 2.45) is 0 Å². The van der Waals surface area contributed by atoms with Gasteiger partial charge in [-0.05, 0) is 44.9 Å². The number of hydrogen-bond donors (Lipinski definition) is 1. The Labute approximate surface area is 216 Å². The largest absolute Gasteiger partial charge is 0.492 e. The van der Waals surface area contributed by atoms with Gasteiger partial charge in [0.05, 0.1) is 48.7 Å². The lowest BCUT2D eigenvalue weighted by atomic mass is 10.1. The molecule has 3 heterocycles. The van der Waals surface area contributed by atoms with Gasteiger partial charge in [0.15, 0.2) is 0 Å². The van der Waals surface area contributed by atoms with Crippen LogP contribution < -0.4 is 25.2 Å². The van der Waals surface area contributed by atoms with E-state index in [1.807, 2.05) is 26.0 Å². The van der Waals surface area contributed by atoms with Gasteiger partial charge in [-0.25, -0.2) is 4.98 Å². The van der Waals surface area contributed by atoms with Crippen LogP contribution in [0.4, 0.5) is 11.4 Å². The van der Waals surface area contributed by atoms with E-state index < -0.39 is 0 Å². The van der Waals surface area contributed by atoms with Crippen LogP contribution in [0.2, 0.25) is 0 Å². The fraction of sp³-hybridized carbons (Fsp3) is 0.464. The summed E-state index contributed by atoms with van der Waals surface area (Å²) in [4.78, 5) is 33.4. The minimum atomic E-state index is -0.304. The van der Waals surface area contributed by atoms with Crippen LogP contribution in [0, 0.1) is 0 Å². The van der Waals surface area contributed by atoms with E-state index in [9.17, 15) is 9.59 Å². The number of nitrogens with one attached hydrogen (secondary N) is 1. The standard InChI is InChI=1S/C28H34N4O5/c1-3-36-24-18-23(31-12-14-35-15-13-31)25(37-4-2)17-22(24)30-27(33)19-9-10-20-21(16-19)29-26-8-6-5-7-11-32(26)28(20)34/h9-10,16-18H,3-8,11-15H2,1-2H3,(H,30,33). The molecule has 1 saturated heterocycles. The van der Waals surface area contributed by atoms with Gasteiger partial charge < -0.3 is 24.4 Å². The van der Waals surface area contributed by atoms with Crippen LogP contribution in [-0.4, -0.2) is 55.0 Å². The van der Waals surface area contributed by atoms with Crippen LogP contribution in [0.15, 0.2) is 35.1 Å². The predicted molar refractivity (Wildman–Crippen MR) is 143 cm³/mol. The van der Waals surface area contributed by atoms with E-state index in [1.54, 1.807) is 22.8 Å². The molecule has 3 aromatic rings. The number of hydrogen-bond acceptors (Lipinski definition) is 7. The van der Waals surface area contributed by atoms with E-state index in [-0.39, 0.29) is 11.5 Å². The lowest BCUT2D eigenvalue weighted by Gasteiger charge is -2.31. The molecule has 0 saturated carbocycles. The van der Waals surface area contributed by atoms with E-state index in [0.29, 0.717) is 66.6 Å². The van der Waals surface area contributed by atoms with Crippen LogP contribution >= 0.6 is 0 Å². The zero-order valence-corrected chi connectivity index (χ0v) is 21.5. The maximum Gasteiger partial charge on any atom is 0.261 e. The summed E-state index contributed by atoms with van der Waals surface area (Å²) >= 11 is 0. The number of carbonyl (C=O) groups is 1. The summed E-state index contributed by atoms with van der Waals surface area (Å²) in [5, 5.41) is 3.53. The Morgan fingerprint density at radius 1 is 1.00 bits per heavy atom. The van der Waals surface area contributed by atoms with Crippen LogP contribution in [-0.2, 0) is 17.7 Å². The minimum absolute atomic E-state index is 0.0347. The number of carbonyl (C=O) groups excluding carboxylic acids is 1. The molecule has 0 bridgehead atoms. The van der Waals surface area contributed by atoms with E-state index in [0.717, 1.165) is 50.3 Å². The fourth-order valence-corrected chi connectivity index (χ4v) is 5.00. The van der Waals surface area contributed by atoms with Crippen molar-refractivity contribution in [2.45, 2.75) is 46.1 Å². The SMILES string of the molecule is CCOc1cc(N2CCOCC2)c(OCC)cc1NC(=O)c1ccc2c(=O)n3c(nc2c1)CCCCC3. The molecule has 9 heteroatoms. The molecule has 37 heavy (non-hydrogen) atoms. The van der Waals surface area contributed by atoms with Crippen molar-refractivity contribution in [3.63, 3.8) is 0 Å². The van der Waals surface area contributed by atoms with Gasteiger partial charge in [0.25, 0.3) is 11.5 Å². The van der Waals surface area contributed by atoms with E-state index in [4.69, 9.17) is 19.2 Å². The van der Waals surface area contributed by atoms with Gasteiger partial charge in [-0.2, -0.15) is 0 Å². The van der Waals surface area contributed by atoms with Crippen molar-refractivity contribution >= 4 is 28.2 Å². The van der Waals surface area contributed by atoms with Gasteiger partial charge in [-0.1, -0.05) is 6.42 Å². The number of aryl methyl sites for hydroxylation is 1. The molecule has 0 aliphatic carbocycles. The van der Waals surface area contributed by atoms with Gasteiger partial charge in [-0.3, -0.25) is 14.2 Å². The van der Waals surface area contributed by atoms with Crippen LogP contribution in [0.5, 0.6) is 11.5 Å². The van der Waals surface area contributed by atoms with Crippen molar-refractivity contribution in [1.29, 1.82) is 0 Å². The lowest BCUT2D eigenvalue weighted by Crippen LogP contribution is -2.36. The maximum absolute atomic E-state index is 13.4. The summed E-state index contributed by atoms with van der Waals surface area (Å²) in [7, 11) is 0. The monoisotopic (exact) mass is 506 g/mol. The third kappa shape index (κ3) is 5.27. The van der Waals surface area contributed by atoms with Gasteiger partial charge in [0, 0.05) is 43.8 Å². The zero-order chi connectivity index (χ0) is 25.8. The van der Waals surface area contributed by atoms with E-state index in [2.05, 4.69) is 10.2 Å². The molecule has 5 rings (SSSR count). The Morgan fingerprint density at radius 3 is 2.57 bits per heavy atom. The highest BCUT2D eigenvalue weighted by molar-refractivity contribution is 6.07. The van der Waals surface area contributed by atoms with Gasteiger partial charge in [0.2, 0.25) is 0 Å². The van der Waals surface area contributed by atoms with E-state index in [1.165, 1.54) is 0 Å². The van der Waals surface area contributed by atoms with Crippen molar-refractivity contribution in [3.8, 4) is 11.5 Å². The molecule has 0 spiro atoms. The number of fused-ring (bicyclic) bond motifs is 2. The first-order valence-electron chi connectivity index (χ1n) is 13.2. The fourth-order valence-electron chi connectivity index (χ4n) is 5.00. The second kappa shape index (κ2) is 11.2. The quantitative estimate of drug-likeness (QED) is 0.517. The van der Waals surface area contributed by atoms with Crippen molar-refractivity contribution in [2.75, 3.05) is 49.7 Å². The Kier molecular flexibility index (Phi) is 7.60. The second-order valence-electron chi connectivity index (χ2n) is 9.26. The first kappa shape index (κ1) is 25.1. The average molecular weight is 507 g/mol. The van der Waals surface area contributed by atoms with Crippen molar-refractivity contribution in [3.05, 3.63) is 52.1 Å². The summed E-state index contributed by atoms with van der Waals surface area (Å²) in [5.41, 5.74) is 2.39. The number of ether oxygens (including phenoxy) is 3. The van der Waals surface area contributed by atoms with Crippen LogP contribution in [0.25, 0.3) is 10.9 Å². The third-order valence-corrected chi connectivity index (χ3v) is 6.84. The molecular formula is C28H34N4O5. The molecule has 0 unspecified atom stereocenters. The van der Waals surface area contributed by atoms with Crippen LogP contribution in [0.1, 0.15) is 49.3 Å². The Morgan fingerprint density at radius 2 is 1.78 bits per heavy atom. The first-order chi connectivity index (χ1) is 18.1. The van der Waals surface area contributed by atoms with Crippen LogP contribution in [0.3, 0.4) is 0 Å². The Balaban J connectivity index is 1.47. The highest BCUT2D eigenvalue weighted by Gasteiger charge is 2.21. The van der Waals surface area contributed by atoms with Gasteiger partial charge in [0.1, 0.15) is 17.3 Å². The number of nitrogens with zero attached hydrogens (tertiary/aromatic N) is 3. The predicted octanol–water partition coefficient (Wildman–Crippen LogP) is 4.01. The Hall–Kier alpha value is -3.59. The Bertz CT molecular complexity index is 1350. The lowest BCUT2D eigenvalue weighted by molar-refractivity contribution is 0.102. The number of aromatic nitrogens is 2. The highest BCUT2D eigenvalue weighted by Crippen LogP contribution is 2.39. The summed E-state index contributed by atoms with van der Waals surface area (Å²) in [6.45, 7) is 8.30. The number of benzene rings is 2. The number of rotatable bonds is 7. The molecule has 2 aromatic carbocycles. The van der Waals surface area contributed by atoms with Gasteiger partial charge >= 0.3 is 0 Å². The first-order valence-corrected chi connectivity index (χ1v) is 13.2. The molecular weight excluding hydrogens is 472 g/mol. The molecule has 2 aliphatic heterocycles. The summed E-state index contributed by atoms with van der Waals surface area (Å²) < 4.78 is 19.2. The van der Waals surface area contributed by atoms with Gasteiger partial charge in [-0.15, -0.1) is 0 Å². The molecule has 0 radical (unpaired) electrons. The third-order valence-electron chi connectivity index (χ3n) is 6.84.